The third-order valence-corrected chi connectivity index (χ3v) is 4.75. The summed E-state index contributed by atoms with van der Waals surface area (Å²) in [4.78, 5) is 12.3. The van der Waals surface area contributed by atoms with Gasteiger partial charge in [-0.05, 0) is 55.3 Å². The highest BCUT2D eigenvalue weighted by atomic mass is 35.5. The number of nitrogens with zero attached hydrogens (tertiary/aromatic N) is 1. The summed E-state index contributed by atoms with van der Waals surface area (Å²) in [6.07, 6.45) is 2.34. The summed E-state index contributed by atoms with van der Waals surface area (Å²) in [6, 6.07) is 11.6. The Morgan fingerprint density at radius 2 is 1.93 bits per heavy atom. The average molecular weight is 424 g/mol. The van der Waals surface area contributed by atoms with Crippen molar-refractivity contribution in [2.45, 2.75) is 26.4 Å². The summed E-state index contributed by atoms with van der Waals surface area (Å²) in [5.41, 5.74) is 0.968. The molecule has 0 heterocycles. The first-order valence-corrected chi connectivity index (χ1v) is 9.31. The molecule has 0 aliphatic heterocycles. The van der Waals surface area contributed by atoms with Crippen LogP contribution in [0.3, 0.4) is 0 Å². The number of anilines is 1. The van der Waals surface area contributed by atoms with E-state index in [0.717, 1.165) is 6.42 Å². The fraction of sp³-hybridized carbons (Fsp3) is 0.200. The summed E-state index contributed by atoms with van der Waals surface area (Å²) < 4.78 is 5.71. The van der Waals surface area contributed by atoms with Gasteiger partial charge in [-0.3, -0.25) is 4.79 Å². The number of hydrogen-bond donors (Lipinski definition) is 1. The SMILES string of the molecule is CC[C@@H](C)Oc1ccc(/C=C(/C#N)C(=O)Nc2ccc(Cl)c(Cl)c2)cc1Cl. The quantitative estimate of drug-likeness (QED) is 0.434. The molecule has 0 saturated carbocycles. The van der Waals surface area contributed by atoms with Crippen molar-refractivity contribution >= 4 is 52.5 Å². The number of hydrogen-bond acceptors (Lipinski definition) is 3. The number of benzene rings is 2. The van der Waals surface area contributed by atoms with Crippen LogP contribution in [0.1, 0.15) is 25.8 Å². The molecule has 140 valence electrons. The Hall–Kier alpha value is -2.19. The molecule has 0 radical (unpaired) electrons. The lowest BCUT2D eigenvalue weighted by Gasteiger charge is -2.14. The first kappa shape index (κ1) is 21.1. The Bertz CT molecular complexity index is 920. The summed E-state index contributed by atoms with van der Waals surface area (Å²) in [6.45, 7) is 3.96. The molecule has 1 N–H and O–H groups in total. The largest absolute Gasteiger partial charge is 0.489 e. The fourth-order valence-electron chi connectivity index (χ4n) is 2.09. The van der Waals surface area contributed by atoms with Crippen LogP contribution in [0.4, 0.5) is 5.69 Å². The van der Waals surface area contributed by atoms with Gasteiger partial charge in [-0.1, -0.05) is 47.8 Å². The summed E-state index contributed by atoms with van der Waals surface area (Å²) in [5.74, 6) is -0.00567. The smallest absolute Gasteiger partial charge is 0.266 e. The van der Waals surface area contributed by atoms with E-state index in [1.54, 1.807) is 30.3 Å². The second-order valence-corrected chi connectivity index (χ2v) is 7.00. The van der Waals surface area contributed by atoms with Gasteiger partial charge < -0.3 is 10.1 Å². The maximum absolute atomic E-state index is 12.3. The molecule has 27 heavy (non-hydrogen) atoms. The number of amides is 1. The molecule has 0 bridgehead atoms. The van der Waals surface area contributed by atoms with Gasteiger partial charge in [0.15, 0.2) is 0 Å². The number of ether oxygens (including phenoxy) is 1. The number of carbonyl (C=O) groups excluding carboxylic acids is 1. The molecule has 2 aromatic carbocycles. The number of nitrogens with one attached hydrogen (secondary N) is 1. The number of rotatable bonds is 6. The molecular weight excluding hydrogens is 407 g/mol. The third kappa shape index (κ3) is 5.90. The Kier molecular flexibility index (Phi) is 7.55. The van der Waals surface area contributed by atoms with Crippen LogP contribution < -0.4 is 10.1 Å². The maximum atomic E-state index is 12.3. The van der Waals surface area contributed by atoms with Crippen LogP contribution in [0.5, 0.6) is 5.75 Å². The van der Waals surface area contributed by atoms with E-state index in [0.29, 0.717) is 32.1 Å². The summed E-state index contributed by atoms with van der Waals surface area (Å²) in [7, 11) is 0. The second-order valence-electron chi connectivity index (χ2n) is 5.78. The third-order valence-electron chi connectivity index (χ3n) is 3.71. The van der Waals surface area contributed by atoms with Crippen LogP contribution >= 0.6 is 34.8 Å². The standard InChI is InChI=1S/C20H17Cl3N2O2/c1-3-12(2)27-19-7-4-13(9-18(19)23)8-14(11-24)20(26)25-15-5-6-16(21)17(22)10-15/h4-10,12H,3H2,1-2H3,(H,25,26)/b14-8-/t12-/m1/s1. The van der Waals surface area contributed by atoms with E-state index in [4.69, 9.17) is 39.5 Å². The van der Waals surface area contributed by atoms with Crippen molar-refractivity contribution in [3.63, 3.8) is 0 Å². The van der Waals surface area contributed by atoms with Crippen molar-refractivity contribution in [2.75, 3.05) is 5.32 Å². The van der Waals surface area contributed by atoms with E-state index in [1.165, 1.54) is 12.1 Å². The van der Waals surface area contributed by atoms with E-state index in [9.17, 15) is 10.1 Å². The van der Waals surface area contributed by atoms with E-state index in [-0.39, 0.29) is 11.7 Å². The molecule has 2 aromatic rings. The molecule has 2 rings (SSSR count). The molecule has 0 aliphatic carbocycles. The van der Waals surface area contributed by atoms with Crippen LogP contribution in [0.2, 0.25) is 15.1 Å². The highest BCUT2D eigenvalue weighted by Crippen LogP contribution is 2.28. The lowest BCUT2D eigenvalue weighted by Crippen LogP contribution is -2.13. The topological polar surface area (TPSA) is 62.1 Å². The molecule has 0 fully saturated rings. The van der Waals surface area contributed by atoms with Gasteiger partial charge in [0.1, 0.15) is 17.4 Å². The molecule has 1 atom stereocenters. The van der Waals surface area contributed by atoms with E-state index >= 15 is 0 Å². The lowest BCUT2D eigenvalue weighted by molar-refractivity contribution is -0.112. The molecule has 0 saturated heterocycles. The van der Waals surface area contributed by atoms with Crippen molar-refractivity contribution < 1.29 is 9.53 Å². The Morgan fingerprint density at radius 1 is 1.19 bits per heavy atom. The van der Waals surface area contributed by atoms with Gasteiger partial charge in [0.05, 0.1) is 21.2 Å². The molecule has 0 aliphatic rings. The van der Waals surface area contributed by atoms with E-state index in [2.05, 4.69) is 5.32 Å². The molecule has 0 spiro atoms. The van der Waals surface area contributed by atoms with Crippen molar-refractivity contribution in [3.05, 3.63) is 62.6 Å². The first-order valence-electron chi connectivity index (χ1n) is 8.18. The van der Waals surface area contributed by atoms with Gasteiger partial charge in [-0.2, -0.15) is 5.26 Å². The molecule has 7 heteroatoms. The predicted molar refractivity (Wildman–Crippen MR) is 111 cm³/mol. The number of halogens is 3. The van der Waals surface area contributed by atoms with Gasteiger partial charge in [-0.15, -0.1) is 0 Å². The zero-order chi connectivity index (χ0) is 20.0. The minimum absolute atomic E-state index is 0.0375. The van der Waals surface area contributed by atoms with Gasteiger partial charge in [0.25, 0.3) is 5.91 Å². The van der Waals surface area contributed by atoms with Crippen LogP contribution in [-0.2, 0) is 4.79 Å². The Balaban J connectivity index is 2.19. The highest BCUT2D eigenvalue weighted by molar-refractivity contribution is 6.42. The van der Waals surface area contributed by atoms with Gasteiger partial charge >= 0.3 is 0 Å². The van der Waals surface area contributed by atoms with Crippen molar-refractivity contribution in [1.82, 2.24) is 0 Å². The molecular formula is C20H17Cl3N2O2. The molecule has 1 amide bonds. The van der Waals surface area contributed by atoms with Crippen LogP contribution in [0.15, 0.2) is 42.0 Å². The minimum Gasteiger partial charge on any atom is -0.489 e. The highest BCUT2D eigenvalue weighted by Gasteiger charge is 2.12. The molecule has 0 aromatic heterocycles. The van der Waals surface area contributed by atoms with Gasteiger partial charge in [0, 0.05) is 5.69 Å². The monoisotopic (exact) mass is 422 g/mol. The predicted octanol–water partition coefficient (Wildman–Crippen LogP) is 6.37. The van der Waals surface area contributed by atoms with Crippen molar-refractivity contribution in [3.8, 4) is 11.8 Å². The second kappa shape index (κ2) is 9.66. The summed E-state index contributed by atoms with van der Waals surface area (Å²) >= 11 is 18.0. The maximum Gasteiger partial charge on any atom is 0.266 e. The van der Waals surface area contributed by atoms with Crippen LogP contribution in [0.25, 0.3) is 6.08 Å². The summed E-state index contributed by atoms with van der Waals surface area (Å²) in [5, 5.41) is 13.0. The average Bonchev–Trinajstić information content (AvgIpc) is 2.64. The zero-order valence-corrected chi connectivity index (χ0v) is 17.0. The Labute approximate surface area is 173 Å². The van der Waals surface area contributed by atoms with Crippen molar-refractivity contribution in [2.24, 2.45) is 0 Å². The van der Waals surface area contributed by atoms with Gasteiger partial charge in [-0.25, -0.2) is 0 Å². The fourth-order valence-corrected chi connectivity index (χ4v) is 2.62. The van der Waals surface area contributed by atoms with Crippen molar-refractivity contribution in [1.29, 1.82) is 5.26 Å². The number of carbonyl (C=O) groups is 1. The minimum atomic E-state index is -0.563. The normalized spacial score (nSPS) is 12.2. The first-order chi connectivity index (χ1) is 12.8. The van der Waals surface area contributed by atoms with E-state index < -0.39 is 5.91 Å². The van der Waals surface area contributed by atoms with E-state index in [1.807, 2.05) is 19.9 Å². The zero-order valence-electron chi connectivity index (χ0n) is 14.7. The molecule has 4 nitrogen and oxygen atoms in total. The van der Waals surface area contributed by atoms with Crippen LogP contribution in [-0.4, -0.2) is 12.0 Å². The number of nitriles is 1. The lowest BCUT2D eigenvalue weighted by atomic mass is 10.1. The van der Waals surface area contributed by atoms with Crippen LogP contribution in [0, 0.1) is 11.3 Å². The molecule has 0 unspecified atom stereocenters. The van der Waals surface area contributed by atoms with Gasteiger partial charge in [0.2, 0.25) is 0 Å². The Morgan fingerprint density at radius 3 is 2.52 bits per heavy atom.